The number of ether oxygens (including phenoxy) is 1. The number of nitro groups is 1. The fraction of sp³-hybridized carbons (Fsp3) is 0.222. The Morgan fingerprint density at radius 3 is 2.54 bits per heavy atom. The molecule has 2 aromatic rings. The predicted octanol–water partition coefficient (Wildman–Crippen LogP) is 2.52. The third-order valence-electron chi connectivity index (χ3n) is 3.58. The van der Waals surface area contributed by atoms with Crippen LogP contribution in [0.15, 0.2) is 48.5 Å². The van der Waals surface area contributed by atoms with E-state index in [1.807, 2.05) is 19.1 Å². The van der Waals surface area contributed by atoms with Crippen LogP contribution >= 0.6 is 0 Å². The molecule has 136 valence electrons. The van der Waals surface area contributed by atoms with Gasteiger partial charge in [0.05, 0.1) is 4.92 Å². The summed E-state index contributed by atoms with van der Waals surface area (Å²) in [5.41, 5.74) is 4.93. The molecule has 2 amide bonds. The molecule has 0 aliphatic carbocycles. The zero-order valence-electron chi connectivity index (χ0n) is 14.4. The molecular formula is C18H19N3O5. The lowest BCUT2D eigenvalue weighted by Crippen LogP contribution is -2.48. The van der Waals surface area contributed by atoms with Crippen LogP contribution in [0.1, 0.15) is 29.3 Å². The molecule has 2 N–H and O–H groups in total. The third kappa shape index (κ3) is 4.79. The van der Waals surface area contributed by atoms with Gasteiger partial charge in [0, 0.05) is 6.07 Å². The largest absolute Gasteiger partial charge is 0.481 e. The molecule has 0 bridgehead atoms. The first-order valence-corrected chi connectivity index (χ1v) is 7.99. The highest BCUT2D eigenvalue weighted by atomic mass is 16.6. The number of carbonyl (C=O) groups is 2. The second-order valence-corrected chi connectivity index (χ2v) is 5.55. The van der Waals surface area contributed by atoms with Crippen molar-refractivity contribution in [1.82, 2.24) is 10.9 Å². The van der Waals surface area contributed by atoms with Crippen LogP contribution in [0.2, 0.25) is 0 Å². The molecular weight excluding hydrogens is 338 g/mol. The topological polar surface area (TPSA) is 111 Å². The van der Waals surface area contributed by atoms with Gasteiger partial charge < -0.3 is 4.74 Å². The van der Waals surface area contributed by atoms with Crippen molar-refractivity contribution in [3.63, 3.8) is 0 Å². The molecule has 0 aromatic heterocycles. The lowest BCUT2D eigenvalue weighted by atomic mass is 10.2. The molecule has 8 heteroatoms. The summed E-state index contributed by atoms with van der Waals surface area (Å²) >= 11 is 0. The minimum atomic E-state index is -0.817. The van der Waals surface area contributed by atoms with Crippen LogP contribution < -0.4 is 15.6 Å². The molecule has 1 unspecified atom stereocenters. The zero-order chi connectivity index (χ0) is 19.1. The van der Waals surface area contributed by atoms with Gasteiger partial charge in [-0.05, 0) is 37.1 Å². The van der Waals surface area contributed by atoms with E-state index in [1.165, 1.54) is 24.3 Å². The molecule has 0 aliphatic heterocycles. The molecule has 2 aromatic carbocycles. The van der Waals surface area contributed by atoms with Crippen molar-refractivity contribution in [2.24, 2.45) is 0 Å². The summed E-state index contributed by atoms with van der Waals surface area (Å²) < 4.78 is 5.63. The minimum Gasteiger partial charge on any atom is -0.481 e. The Hall–Kier alpha value is -3.42. The molecule has 0 aliphatic rings. The minimum absolute atomic E-state index is 0.148. The van der Waals surface area contributed by atoms with Gasteiger partial charge in [0.25, 0.3) is 17.5 Å². The number of nitrogens with one attached hydrogen (secondary N) is 2. The van der Waals surface area contributed by atoms with Gasteiger partial charge >= 0.3 is 0 Å². The molecule has 0 spiro atoms. The number of para-hydroxylation sites is 1. The van der Waals surface area contributed by atoms with Crippen LogP contribution in [-0.2, 0) is 4.79 Å². The van der Waals surface area contributed by atoms with Crippen molar-refractivity contribution in [1.29, 1.82) is 0 Å². The van der Waals surface area contributed by atoms with Crippen LogP contribution in [0, 0.1) is 17.0 Å². The Bertz CT molecular complexity index is 822. The number of hydrogen-bond donors (Lipinski definition) is 2. The third-order valence-corrected chi connectivity index (χ3v) is 3.58. The molecule has 0 saturated carbocycles. The monoisotopic (exact) mass is 357 g/mol. The van der Waals surface area contributed by atoms with Crippen LogP contribution in [0.5, 0.6) is 5.75 Å². The normalized spacial score (nSPS) is 11.3. The SMILES string of the molecule is CCC(Oc1cccc(C)c1)C(=O)NNC(=O)c1ccccc1[N+](=O)[O-]. The first-order valence-electron chi connectivity index (χ1n) is 7.99. The highest BCUT2D eigenvalue weighted by molar-refractivity contribution is 5.99. The molecule has 26 heavy (non-hydrogen) atoms. The standard InChI is InChI=1S/C18H19N3O5/c1-3-16(26-13-8-6-7-12(2)11-13)18(23)20-19-17(22)14-9-4-5-10-15(14)21(24)25/h4-11,16H,3H2,1-2H3,(H,19,22)(H,20,23). The Balaban J connectivity index is 2.00. The van der Waals surface area contributed by atoms with Crippen molar-refractivity contribution in [2.75, 3.05) is 0 Å². The van der Waals surface area contributed by atoms with Crippen LogP contribution in [0.4, 0.5) is 5.69 Å². The summed E-state index contributed by atoms with van der Waals surface area (Å²) in [6.45, 7) is 3.67. The smallest absolute Gasteiger partial charge is 0.282 e. The van der Waals surface area contributed by atoms with E-state index in [-0.39, 0.29) is 11.3 Å². The van der Waals surface area contributed by atoms with Crippen molar-refractivity contribution < 1.29 is 19.2 Å². The van der Waals surface area contributed by atoms with Crippen LogP contribution in [0.25, 0.3) is 0 Å². The highest BCUT2D eigenvalue weighted by Gasteiger charge is 2.22. The quantitative estimate of drug-likeness (QED) is 0.610. The highest BCUT2D eigenvalue weighted by Crippen LogP contribution is 2.17. The Morgan fingerprint density at radius 1 is 1.15 bits per heavy atom. The van der Waals surface area contributed by atoms with E-state index in [1.54, 1.807) is 19.1 Å². The lowest BCUT2D eigenvalue weighted by molar-refractivity contribution is -0.385. The van der Waals surface area contributed by atoms with Crippen LogP contribution in [0.3, 0.4) is 0 Å². The van der Waals surface area contributed by atoms with Crippen molar-refractivity contribution in [3.05, 3.63) is 69.8 Å². The first kappa shape index (κ1) is 18.9. The average molecular weight is 357 g/mol. The van der Waals surface area contributed by atoms with Crippen LogP contribution in [-0.4, -0.2) is 22.8 Å². The van der Waals surface area contributed by atoms with E-state index in [2.05, 4.69) is 10.9 Å². The summed E-state index contributed by atoms with van der Waals surface area (Å²) in [6.07, 6.45) is -0.441. The zero-order valence-corrected chi connectivity index (χ0v) is 14.4. The number of carbonyl (C=O) groups excluding carboxylic acids is 2. The maximum atomic E-state index is 12.2. The van der Waals surface area contributed by atoms with E-state index in [4.69, 9.17) is 4.74 Å². The Kier molecular flexibility index (Phi) is 6.26. The fourth-order valence-corrected chi connectivity index (χ4v) is 2.27. The van der Waals surface area contributed by atoms with Crippen molar-refractivity contribution in [3.8, 4) is 5.75 Å². The lowest BCUT2D eigenvalue weighted by Gasteiger charge is -2.17. The van der Waals surface area contributed by atoms with E-state index < -0.39 is 22.8 Å². The second kappa shape index (κ2) is 8.61. The van der Waals surface area contributed by atoms with Gasteiger partial charge in [-0.1, -0.05) is 31.2 Å². The summed E-state index contributed by atoms with van der Waals surface area (Å²) in [6, 6.07) is 12.7. The molecule has 8 nitrogen and oxygen atoms in total. The molecule has 0 fully saturated rings. The van der Waals surface area contributed by atoms with Gasteiger partial charge in [0.1, 0.15) is 11.3 Å². The fourth-order valence-electron chi connectivity index (χ4n) is 2.27. The van der Waals surface area contributed by atoms with E-state index in [0.717, 1.165) is 5.56 Å². The number of nitrogens with zero attached hydrogens (tertiary/aromatic N) is 1. The summed E-state index contributed by atoms with van der Waals surface area (Å²) in [5, 5.41) is 11.0. The molecule has 0 radical (unpaired) electrons. The van der Waals surface area contributed by atoms with Gasteiger partial charge in [-0.25, -0.2) is 0 Å². The molecule has 0 saturated heterocycles. The van der Waals surface area contributed by atoms with E-state index >= 15 is 0 Å². The number of hydrogen-bond acceptors (Lipinski definition) is 5. The number of nitro benzene ring substituents is 1. The second-order valence-electron chi connectivity index (χ2n) is 5.55. The number of amides is 2. The molecule has 2 rings (SSSR count). The summed E-state index contributed by atoms with van der Waals surface area (Å²) in [4.78, 5) is 34.7. The van der Waals surface area contributed by atoms with Gasteiger partial charge in [0.2, 0.25) is 0 Å². The number of aryl methyl sites for hydroxylation is 1. The van der Waals surface area contributed by atoms with Gasteiger partial charge in [-0.3, -0.25) is 30.6 Å². The van der Waals surface area contributed by atoms with Crippen molar-refractivity contribution >= 4 is 17.5 Å². The van der Waals surface area contributed by atoms with Crippen molar-refractivity contribution in [2.45, 2.75) is 26.4 Å². The number of benzene rings is 2. The van der Waals surface area contributed by atoms with Gasteiger partial charge in [0.15, 0.2) is 6.10 Å². The summed E-state index contributed by atoms with van der Waals surface area (Å²) in [5.74, 6) is -0.797. The Morgan fingerprint density at radius 2 is 1.88 bits per heavy atom. The predicted molar refractivity (Wildman–Crippen MR) is 94.6 cm³/mol. The Labute approximate surface area is 150 Å². The van der Waals surface area contributed by atoms with E-state index in [9.17, 15) is 19.7 Å². The van der Waals surface area contributed by atoms with E-state index in [0.29, 0.717) is 12.2 Å². The summed E-state index contributed by atoms with van der Waals surface area (Å²) in [7, 11) is 0. The number of hydrazine groups is 1. The molecule has 0 heterocycles. The molecule has 1 atom stereocenters. The maximum Gasteiger partial charge on any atom is 0.282 e. The maximum absolute atomic E-state index is 12.2. The first-order chi connectivity index (χ1) is 12.4. The average Bonchev–Trinajstić information content (AvgIpc) is 2.63. The number of rotatable bonds is 6. The van der Waals surface area contributed by atoms with Gasteiger partial charge in [-0.2, -0.15) is 0 Å². The van der Waals surface area contributed by atoms with Gasteiger partial charge in [-0.15, -0.1) is 0 Å².